The van der Waals surface area contributed by atoms with Gasteiger partial charge < -0.3 is 14.8 Å². The van der Waals surface area contributed by atoms with Crippen LogP contribution in [0.25, 0.3) is 22.3 Å². The molecule has 2 aromatic carbocycles. The van der Waals surface area contributed by atoms with Crippen LogP contribution in [0.4, 0.5) is 0 Å². The highest BCUT2D eigenvalue weighted by atomic mass is 16.5. The molecule has 0 radical (unpaired) electrons. The number of methoxy groups -OCH3 is 2. The number of carbonyl (C=O) groups excluding carboxylic acids is 1. The average molecular weight is 416 g/mol. The molecule has 158 valence electrons. The highest BCUT2D eigenvalue weighted by Gasteiger charge is 2.18. The van der Waals surface area contributed by atoms with Gasteiger partial charge in [0.15, 0.2) is 17.1 Å². The van der Waals surface area contributed by atoms with Gasteiger partial charge in [-0.2, -0.15) is 5.10 Å². The molecule has 0 spiro atoms. The van der Waals surface area contributed by atoms with Crippen molar-refractivity contribution in [1.29, 1.82) is 0 Å². The van der Waals surface area contributed by atoms with Crippen LogP contribution in [0, 0.1) is 0 Å². The number of pyridine rings is 1. The second-order valence-corrected chi connectivity index (χ2v) is 6.95. The molecule has 1 amide bonds. The number of benzene rings is 2. The molecule has 4 aromatic rings. The minimum absolute atomic E-state index is 0.204. The van der Waals surface area contributed by atoms with E-state index in [9.17, 15) is 4.79 Å². The first-order valence-corrected chi connectivity index (χ1v) is 10.1. The summed E-state index contributed by atoms with van der Waals surface area (Å²) in [6.07, 6.45) is 1.70. The van der Waals surface area contributed by atoms with Gasteiger partial charge in [-0.3, -0.25) is 4.79 Å². The van der Waals surface area contributed by atoms with Crippen LogP contribution in [0.1, 0.15) is 22.8 Å². The Hall–Kier alpha value is -3.87. The SMILES string of the molecule is CCn1ncc2c(C(=O)NCc3cccc(OC)c3OC)cc(-c3ccccc3)nc21. The van der Waals surface area contributed by atoms with E-state index < -0.39 is 0 Å². The largest absolute Gasteiger partial charge is 0.493 e. The number of rotatable bonds is 7. The number of nitrogens with zero attached hydrogens (tertiary/aromatic N) is 3. The number of nitrogens with one attached hydrogen (secondary N) is 1. The lowest BCUT2D eigenvalue weighted by molar-refractivity contribution is 0.0952. The maximum atomic E-state index is 13.2. The lowest BCUT2D eigenvalue weighted by Crippen LogP contribution is -2.23. The zero-order valence-corrected chi connectivity index (χ0v) is 17.8. The van der Waals surface area contributed by atoms with Crippen molar-refractivity contribution in [2.75, 3.05) is 14.2 Å². The molecular weight excluding hydrogens is 392 g/mol. The maximum absolute atomic E-state index is 13.2. The Labute approximate surface area is 180 Å². The fourth-order valence-corrected chi connectivity index (χ4v) is 3.59. The van der Waals surface area contributed by atoms with Gasteiger partial charge in [0.05, 0.1) is 37.1 Å². The average Bonchev–Trinajstić information content (AvgIpc) is 3.25. The zero-order chi connectivity index (χ0) is 21.8. The summed E-state index contributed by atoms with van der Waals surface area (Å²) in [5, 5.41) is 8.12. The molecule has 0 atom stereocenters. The minimum Gasteiger partial charge on any atom is -0.493 e. The van der Waals surface area contributed by atoms with Crippen molar-refractivity contribution in [2.45, 2.75) is 20.0 Å². The molecule has 0 fully saturated rings. The van der Waals surface area contributed by atoms with E-state index in [0.717, 1.165) is 22.2 Å². The number of carbonyl (C=O) groups is 1. The smallest absolute Gasteiger partial charge is 0.252 e. The molecule has 0 aliphatic rings. The predicted octanol–water partition coefficient (Wildman–Crippen LogP) is 4.07. The Morgan fingerprint density at radius 2 is 1.87 bits per heavy atom. The molecule has 31 heavy (non-hydrogen) atoms. The van der Waals surface area contributed by atoms with Crippen molar-refractivity contribution in [2.24, 2.45) is 0 Å². The number of hydrogen-bond donors (Lipinski definition) is 1. The minimum atomic E-state index is -0.204. The van der Waals surface area contributed by atoms with E-state index >= 15 is 0 Å². The van der Waals surface area contributed by atoms with Crippen molar-refractivity contribution < 1.29 is 14.3 Å². The van der Waals surface area contributed by atoms with Gasteiger partial charge in [-0.05, 0) is 19.1 Å². The number of para-hydroxylation sites is 1. The third-order valence-corrected chi connectivity index (χ3v) is 5.15. The number of ether oxygens (including phenoxy) is 2. The van der Waals surface area contributed by atoms with Gasteiger partial charge in [0.25, 0.3) is 5.91 Å². The van der Waals surface area contributed by atoms with Gasteiger partial charge in [-0.15, -0.1) is 0 Å². The second kappa shape index (κ2) is 8.87. The highest BCUT2D eigenvalue weighted by Crippen LogP contribution is 2.31. The van der Waals surface area contributed by atoms with Crippen LogP contribution < -0.4 is 14.8 Å². The Morgan fingerprint density at radius 3 is 2.58 bits per heavy atom. The number of hydrogen-bond acceptors (Lipinski definition) is 5. The van der Waals surface area contributed by atoms with Crippen LogP contribution in [-0.4, -0.2) is 34.9 Å². The number of aryl methyl sites for hydroxylation is 1. The monoisotopic (exact) mass is 416 g/mol. The van der Waals surface area contributed by atoms with Crippen molar-refractivity contribution in [3.8, 4) is 22.8 Å². The Balaban J connectivity index is 1.70. The van der Waals surface area contributed by atoms with Crippen molar-refractivity contribution in [3.63, 3.8) is 0 Å². The Morgan fingerprint density at radius 1 is 1.06 bits per heavy atom. The van der Waals surface area contributed by atoms with Gasteiger partial charge >= 0.3 is 0 Å². The van der Waals surface area contributed by atoms with Gasteiger partial charge in [0.1, 0.15) is 0 Å². The summed E-state index contributed by atoms with van der Waals surface area (Å²) >= 11 is 0. The normalized spacial score (nSPS) is 10.8. The number of amides is 1. The zero-order valence-electron chi connectivity index (χ0n) is 17.8. The molecular formula is C24H24N4O3. The van der Waals surface area contributed by atoms with E-state index in [4.69, 9.17) is 14.5 Å². The Bertz CT molecular complexity index is 1220. The predicted molar refractivity (Wildman–Crippen MR) is 119 cm³/mol. The van der Waals surface area contributed by atoms with Gasteiger partial charge in [-0.1, -0.05) is 42.5 Å². The first-order valence-electron chi connectivity index (χ1n) is 10.1. The lowest BCUT2D eigenvalue weighted by Gasteiger charge is -2.14. The van der Waals surface area contributed by atoms with Crippen molar-refractivity contribution in [1.82, 2.24) is 20.1 Å². The quantitative estimate of drug-likeness (QED) is 0.491. The summed E-state index contributed by atoms with van der Waals surface area (Å²) in [5.74, 6) is 1.02. The summed E-state index contributed by atoms with van der Waals surface area (Å²) < 4.78 is 12.6. The van der Waals surface area contributed by atoms with Crippen LogP contribution in [-0.2, 0) is 13.1 Å². The molecule has 0 saturated heterocycles. The third-order valence-electron chi connectivity index (χ3n) is 5.15. The van der Waals surface area contributed by atoms with Crippen LogP contribution in [0.2, 0.25) is 0 Å². The molecule has 2 heterocycles. The first kappa shape index (κ1) is 20.4. The molecule has 0 bridgehead atoms. The first-order chi connectivity index (χ1) is 15.2. The van der Waals surface area contributed by atoms with E-state index in [2.05, 4.69) is 10.4 Å². The van der Waals surface area contributed by atoms with E-state index in [-0.39, 0.29) is 5.91 Å². The molecule has 0 aliphatic heterocycles. The topological polar surface area (TPSA) is 78.3 Å². The fourth-order valence-electron chi connectivity index (χ4n) is 3.59. The molecule has 0 saturated carbocycles. The van der Waals surface area contributed by atoms with E-state index in [1.807, 2.05) is 61.5 Å². The van der Waals surface area contributed by atoms with Crippen LogP contribution in [0.15, 0.2) is 60.8 Å². The van der Waals surface area contributed by atoms with Crippen LogP contribution in [0.5, 0.6) is 11.5 Å². The Kier molecular flexibility index (Phi) is 5.84. The lowest BCUT2D eigenvalue weighted by atomic mass is 10.1. The second-order valence-electron chi connectivity index (χ2n) is 6.95. The summed E-state index contributed by atoms with van der Waals surface area (Å²) in [7, 11) is 3.17. The summed E-state index contributed by atoms with van der Waals surface area (Å²) in [4.78, 5) is 18.0. The summed E-state index contributed by atoms with van der Waals surface area (Å²) in [5.41, 5.74) is 3.72. The molecule has 1 N–H and O–H groups in total. The van der Waals surface area contributed by atoms with E-state index in [1.165, 1.54) is 0 Å². The molecule has 7 heteroatoms. The van der Waals surface area contributed by atoms with Crippen molar-refractivity contribution in [3.05, 3.63) is 71.9 Å². The molecule has 0 unspecified atom stereocenters. The van der Waals surface area contributed by atoms with Crippen LogP contribution in [0.3, 0.4) is 0 Å². The molecule has 2 aromatic heterocycles. The summed E-state index contributed by atoms with van der Waals surface area (Å²) in [6, 6.07) is 17.2. The van der Waals surface area contributed by atoms with Crippen LogP contribution >= 0.6 is 0 Å². The van der Waals surface area contributed by atoms with Gasteiger partial charge in [-0.25, -0.2) is 9.67 Å². The van der Waals surface area contributed by atoms with Gasteiger partial charge in [0, 0.05) is 24.2 Å². The molecule has 0 aliphatic carbocycles. The maximum Gasteiger partial charge on any atom is 0.252 e. The van der Waals surface area contributed by atoms with E-state index in [1.54, 1.807) is 25.1 Å². The number of fused-ring (bicyclic) bond motifs is 1. The summed E-state index contributed by atoms with van der Waals surface area (Å²) in [6.45, 7) is 2.96. The van der Waals surface area contributed by atoms with E-state index in [0.29, 0.717) is 35.8 Å². The standard InChI is InChI=1S/C24H24N4O3/c1-4-28-23-19(15-26-28)18(13-20(27-23)16-9-6-5-7-10-16)24(29)25-14-17-11-8-12-21(30-2)22(17)31-3/h5-13,15H,4,14H2,1-3H3,(H,25,29). The molecule has 7 nitrogen and oxygen atoms in total. The fraction of sp³-hybridized carbons (Fsp3) is 0.208. The highest BCUT2D eigenvalue weighted by molar-refractivity contribution is 6.06. The molecule has 4 rings (SSSR count). The van der Waals surface area contributed by atoms with Crippen molar-refractivity contribution >= 4 is 16.9 Å². The third kappa shape index (κ3) is 3.94. The number of aromatic nitrogens is 3. The van der Waals surface area contributed by atoms with Gasteiger partial charge in [0.2, 0.25) is 0 Å².